The maximum absolute atomic E-state index is 4.51. The van der Waals surface area contributed by atoms with Crippen LogP contribution in [0.5, 0.6) is 0 Å². The zero-order valence-corrected chi connectivity index (χ0v) is 11.4. The Morgan fingerprint density at radius 3 is 2.93 bits per heavy atom. The molecule has 0 amide bonds. The third kappa shape index (κ3) is 5.00. The summed E-state index contributed by atoms with van der Waals surface area (Å²) in [6.07, 6.45) is 4.46. The van der Waals surface area contributed by atoms with Gasteiger partial charge in [-0.3, -0.25) is 0 Å². The van der Waals surface area contributed by atoms with Crippen molar-refractivity contribution >= 4 is 23.1 Å². The number of aryl methyl sites for hydroxylation is 1. The summed E-state index contributed by atoms with van der Waals surface area (Å²) < 4.78 is 0. The minimum absolute atomic E-state index is 0.587. The molecule has 0 radical (unpaired) electrons. The summed E-state index contributed by atoms with van der Waals surface area (Å²) in [5, 5.41) is 6.88. The highest BCUT2D eigenvalue weighted by Crippen LogP contribution is 2.12. The van der Waals surface area contributed by atoms with E-state index in [-0.39, 0.29) is 0 Å². The number of nitrogens with one attached hydrogen (secondary N) is 1. The first-order valence-corrected chi connectivity index (χ1v) is 7.67. The second-order valence-electron chi connectivity index (χ2n) is 3.60. The summed E-state index contributed by atoms with van der Waals surface area (Å²) in [4.78, 5) is 4.51. The molecule has 15 heavy (non-hydrogen) atoms. The zero-order valence-electron chi connectivity index (χ0n) is 9.75. The van der Waals surface area contributed by atoms with Crippen molar-refractivity contribution in [2.45, 2.75) is 32.7 Å². The van der Waals surface area contributed by atoms with Crippen molar-refractivity contribution in [2.75, 3.05) is 18.6 Å². The average Bonchev–Trinajstić information content (AvgIpc) is 2.61. The molecule has 0 saturated heterocycles. The minimum atomic E-state index is 0.587. The Morgan fingerprint density at radius 1 is 1.60 bits per heavy atom. The first-order valence-electron chi connectivity index (χ1n) is 5.39. The molecule has 2 nitrogen and oxygen atoms in total. The van der Waals surface area contributed by atoms with Crippen LogP contribution in [-0.4, -0.2) is 29.6 Å². The number of aromatic nitrogens is 1. The Balaban J connectivity index is 2.42. The minimum Gasteiger partial charge on any atom is -0.314 e. The molecule has 0 saturated carbocycles. The maximum atomic E-state index is 4.51. The molecular weight excluding hydrogens is 224 g/mol. The molecule has 0 aliphatic carbocycles. The largest absolute Gasteiger partial charge is 0.314 e. The fourth-order valence-electron chi connectivity index (χ4n) is 1.58. The van der Waals surface area contributed by atoms with Crippen molar-refractivity contribution in [3.8, 4) is 0 Å². The van der Waals surface area contributed by atoms with E-state index >= 15 is 0 Å². The van der Waals surface area contributed by atoms with Crippen LogP contribution in [0.15, 0.2) is 5.38 Å². The summed E-state index contributed by atoms with van der Waals surface area (Å²) in [6, 6.07) is 0.587. The topological polar surface area (TPSA) is 24.9 Å². The Morgan fingerprint density at radius 2 is 2.40 bits per heavy atom. The fraction of sp³-hybridized carbons (Fsp3) is 0.727. The van der Waals surface area contributed by atoms with Gasteiger partial charge in [0, 0.05) is 17.8 Å². The van der Waals surface area contributed by atoms with Crippen molar-refractivity contribution in [2.24, 2.45) is 0 Å². The van der Waals surface area contributed by atoms with Gasteiger partial charge in [0.15, 0.2) is 0 Å². The smallest absolute Gasteiger partial charge is 0.0897 e. The molecule has 86 valence electrons. The molecule has 1 unspecified atom stereocenters. The quantitative estimate of drug-likeness (QED) is 0.798. The van der Waals surface area contributed by atoms with Crippen molar-refractivity contribution in [1.29, 1.82) is 0 Å². The molecule has 0 aromatic carbocycles. The van der Waals surface area contributed by atoms with Gasteiger partial charge in [0.05, 0.1) is 10.7 Å². The number of hydrogen-bond donors (Lipinski definition) is 1. The summed E-state index contributed by atoms with van der Waals surface area (Å²) in [5.74, 6) is 1.22. The van der Waals surface area contributed by atoms with Gasteiger partial charge < -0.3 is 5.32 Å². The van der Waals surface area contributed by atoms with Crippen LogP contribution in [0.4, 0.5) is 0 Å². The van der Waals surface area contributed by atoms with E-state index < -0.39 is 0 Å². The second-order valence-corrected chi connectivity index (χ2v) is 5.65. The third-order valence-electron chi connectivity index (χ3n) is 2.29. The van der Waals surface area contributed by atoms with E-state index in [1.54, 1.807) is 11.3 Å². The monoisotopic (exact) mass is 244 g/mol. The van der Waals surface area contributed by atoms with Gasteiger partial charge in [-0.25, -0.2) is 4.98 Å². The number of nitrogens with zero attached hydrogens (tertiary/aromatic N) is 1. The van der Waals surface area contributed by atoms with E-state index in [4.69, 9.17) is 0 Å². The van der Waals surface area contributed by atoms with Gasteiger partial charge in [0.25, 0.3) is 0 Å². The van der Waals surface area contributed by atoms with Crippen LogP contribution in [0.1, 0.15) is 24.0 Å². The lowest BCUT2D eigenvalue weighted by atomic mass is 10.1. The highest BCUT2D eigenvalue weighted by Gasteiger charge is 2.09. The fourth-order valence-corrected chi connectivity index (χ4v) is 2.73. The van der Waals surface area contributed by atoms with E-state index in [1.165, 1.54) is 22.9 Å². The molecule has 1 aromatic rings. The van der Waals surface area contributed by atoms with Crippen LogP contribution >= 0.6 is 23.1 Å². The number of likely N-dealkylation sites (N-methyl/N-ethyl adjacent to an activating group) is 1. The molecule has 1 aromatic heterocycles. The number of rotatable bonds is 7. The predicted molar refractivity (Wildman–Crippen MR) is 71.0 cm³/mol. The normalized spacial score (nSPS) is 13.0. The highest BCUT2D eigenvalue weighted by molar-refractivity contribution is 7.98. The second kappa shape index (κ2) is 7.25. The molecule has 0 fully saturated rings. The van der Waals surface area contributed by atoms with Crippen molar-refractivity contribution in [1.82, 2.24) is 10.3 Å². The molecule has 0 aliphatic rings. The van der Waals surface area contributed by atoms with Crippen molar-refractivity contribution in [3.05, 3.63) is 16.1 Å². The van der Waals surface area contributed by atoms with Crippen LogP contribution in [-0.2, 0) is 6.42 Å². The molecule has 1 rings (SSSR count). The molecular formula is C11H20N2S2. The third-order valence-corrected chi connectivity index (χ3v) is 3.75. The van der Waals surface area contributed by atoms with Gasteiger partial charge in [-0.05, 0) is 31.9 Å². The van der Waals surface area contributed by atoms with E-state index in [0.29, 0.717) is 6.04 Å². The molecule has 1 heterocycles. The van der Waals surface area contributed by atoms with Gasteiger partial charge in [-0.15, -0.1) is 11.3 Å². The van der Waals surface area contributed by atoms with Gasteiger partial charge >= 0.3 is 0 Å². The standard InChI is InChI=1S/C11H20N2S2/c1-4-12-10(5-6-14-3)7-11-8-15-9(2)13-11/h8,10,12H,4-7H2,1-3H3. The van der Waals surface area contributed by atoms with E-state index in [9.17, 15) is 0 Å². The van der Waals surface area contributed by atoms with Crippen molar-refractivity contribution < 1.29 is 0 Å². The molecule has 1 atom stereocenters. The van der Waals surface area contributed by atoms with Crippen molar-refractivity contribution in [3.63, 3.8) is 0 Å². The van der Waals surface area contributed by atoms with Gasteiger partial charge in [-0.2, -0.15) is 11.8 Å². The van der Waals surface area contributed by atoms with Crippen LogP contribution in [0, 0.1) is 6.92 Å². The van der Waals surface area contributed by atoms with E-state index in [2.05, 4.69) is 35.8 Å². The summed E-state index contributed by atoms with van der Waals surface area (Å²) in [6.45, 7) is 5.28. The molecule has 0 aliphatic heterocycles. The lowest BCUT2D eigenvalue weighted by Gasteiger charge is -2.15. The maximum Gasteiger partial charge on any atom is 0.0897 e. The average molecular weight is 244 g/mol. The summed E-state index contributed by atoms with van der Waals surface area (Å²) >= 11 is 3.66. The van der Waals surface area contributed by atoms with Crippen LogP contribution in [0.25, 0.3) is 0 Å². The lowest BCUT2D eigenvalue weighted by Crippen LogP contribution is -2.31. The Labute approximate surface area is 101 Å². The van der Waals surface area contributed by atoms with E-state index in [0.717, 1.165) is 13.0 Å². The van der Waals surface area contributed by atoms with Gasteiger partial charge in [0.1, 0.15) is 0 Å². The summed E-state index contributed by atoms with van der Waals surface area (Å²) in [7, 11) is 0. The molecule has 4 heteroatoms. The first kappa shape index (κ1) is 13.0. The van der Waals surface area contributed by atoms with Crippen LogP contribution < -0.4 is 5.32 Å². The highest BCUT2D eigenvalue weighted by atomic mass is 32.2. The Bertz CT molecular complexity index is 273. The SMILES string of the molecule is CCNC(CCSC)Cc1csc(C)n1. The number of hydrogen-bond acceptors (Lipinski definition) is 4. The first-order chi connectivity index (χ1) is 7.26. The lowest BCUT2D eigenvalue weighted by molar-refractivity contribution is 0.509. The van der Waals surface area contributed by atoms with Gasteiger partial charge in [0.2, 0.25) is 0 Å². The van der Waals surface area contributed by atoms with Crippen LogP contribution in [0.2, 0.25) is 0 Å². The zero-order chi connectivity index (χ0) is 11.1. The number of thioether (sulfide) groups is 1. The van der Waals surface area contributed by atoms with E-state index in [1.807, 2.05) is 11.8 Å². The molecule has 1 N–H and O–H groups in total. The van der Waals surface area contributed by atoms with Gasteiger partial charge in [-0.1, -0.05) is 6.92 Å². The Hall–Kier alpha value is -0.0600. The van der Waals surface area contributed by atoms with Crippen LogP contribution in [0.3, 0.4) is 0 Å². The predicted octanol–water partition coefficient (Wildman–Crippen LogP) is 2.73. The Kier molecular flexibility index (Phi) is 6.29. The molecule has 0 bridgehead atoms. The summed E-state index contributed by atoms with van der Waals surface area (Å²) in [5.41, 5.74) is 1.24. The number of thiazole rings is 1. The molecule has 0 spiro atoms.